The summed E-state index contributed by atoms with van der Waals surface area (Å²) < 4.78 is 6.93. The lowest BCUT2D eigenvalue weighted by Crippen LogP contribution is -2.50. The van der Waals surface area contributed by atoms with Crippen molar-refractivity contribution in [2.75, 3.05) is 26.2 Å². The Labute approximate surface area is 156 Å². The predicted molar refractivity (Wildman–Crippen MR) is 98.5 cm³/mol. The number of piperazine rings is 1. The van der Waals surface area contributed by atoms with E-state index in [4.69, 9.17) is 4.42 Å². The van der Waals surface area contributed by atoms with E-state index in [2.05, 4.69) is 5.10 Å². The molecule has 0 bridgehead atoms. The Balaban J connectivity index is 1.32. The number of para-hydroxylation sites is 1. The molecular formula is C20H20N4O3. The SMILES string of the molecule is O=C(Cc1cnn(-c2ccccc2)c1)N1CCN(C(=O)c2ccco2)CC1. The zero-order chi connectivity index (χ0) is 18.6. The zero-order valence-electron chi connectivity index (χ0n) is 14.8. The highest BCUT2D eigenvalue weighted by atomic mass is 16.3. The molecule has 1 aliphatic heterocycles. The van der Waals surface area contributed by atoms with Crippen LogP contribution in [0.1, 0.15) is 16.1 Å². The summed E-state index contributed by atoms with van der Waals surface area (Å²) in [5, 5.41) is 4.33. The standard InChI is InChI=1S/C20H20N4O3/c25-19(13-16-14-21-24(15-16)17-5-2-1-3-6-17)22-8-10-23(11-9-22)20(26)18-7-4-12-27-18/h1-7,12,14-15H,8-11,13H2. The second-order valence-electron chi connectivity index (χ2n) is 6.46. The number of furan rings is 1. The fourth-order valence-electron chi connectivity index (χ4n) is 3.17. The van der Waals surface area contributed by atoms with Crippen LogP contribution in [0.15, 0.2) is 65.5 Å². The molecule has 1 aliphatic rings. The first kappa shape index (κ1) is 17.1. The minimum absolute atomic E-state index is 0.0488. The molecule has 2 aromatic heterocycles. The van der Waals surface area contributed by atoms with Gasteiger partial charge < -0.3 is 14.2 Å². The third kappa shape index (κ3) is 3.76. The van der Waals surface area contributed by atoms with Crippen LogP contribution in [0.3, 0.4) is 0 Å². The average molecular weight is 364 g/mol. The van der Waals surface area contributed by atoms with E-state index in [1.54, 1.807) is 32.8 Å². The molecule has 0 radical (unpaired) electrons. The maximum atomic E-state index is 12.6. The number of nitrogens with zero attached hydrogens (tertiary/aromatic N) is 4. The molecule has 3 aromatic rings. The number of hydrogen-bond donors (Lipinski definition) is 0. The van der Waals surface area contributed by atoms with Crippen LogP contribution in [0.2, 0.25) is 0 Å². The van der Waals surface area contributed by atoms with Gasteiger partial charge in [0, 0.05) is 32.4 Å². The Morgan fingerprint density at radius 3 is 2.41 bits per heavy atom. The van der Waals surface area contributed by atoms with Gasteiger partial charge in [-0.15, -0.1) is 0 Å². The number of benzene rings is 1. The van der Waals surface area contributed by atoms with Crippen molar-refractivity contribution in [3.8, 4) is 5.69 Å². The molecule has 0 saturated carbocycles. The van der Waals surface area contributed by atoms with Crippen LogP contribution in [0.5, 0.6) is 0 Å². The van der Waals surface area contributed by atoms with Crippen molar-refractivity contribution in [2.45, 2.75) is 6.42 Å². The first-order valence-electron chi connectivity index (χ1n) is 8.90. The minimum Gasteiger partial charge on any atom is -0.459 e. The number of carbonyl (C=O) groups excluding carboxylic acids is 2. The second-order valence-corrected chi connectivity index (χ2v) is 6.46. The van der Waals surface area contributed by atoms with Gasteiger partial charge in [0.25, 0.3) is 5.91 Å². The van der Waals surface area contributed by atoms with Gasteiger partial charge in [0.2, 0.25) is 5.91 Å². The summed E-state index contributed by atoms with van der Waals surface area (Å²) in [4.78, 5) is 28.4. The van der Waals surface area contributed by atoms with E-state index in [-0.39, 0.29) is 11.8 Å². The summed E-state index contributed by atoms with van der Waals surface area (Å²) in [6, 6.07) is 13.1. The number of aromatic nitrogens is 2. The van der Waals surface area contributed by atoms with Crippen molar-refractivity contribution in [1.82, 2.24) is 19.6 Å². The molecular weight excluding hydrogens is 344 g/mol. The maximum absolute atomic E-state index is 12.6. The van der Waals surface area contributed by atoms with E-state index in [0.717, 1.165) is 11.3 Å². The minimum atomic E-state index is -0.128. The van der Waals surface area contributed by atoms with Gasteiger partial charge in [0.05, 0.1) is 24.6 Å². The van der Waals surface area contributed by atoms with Gasteiger partial charge in [-0.1, -0.05) is 18.2 Å². The maximum Gasteiger partial charge on any atom is 0.289 e. The molecule has 0 spiro atoms. The van der Waals surface area contributed by atoms with Crippen LogP contribution in [-0.4, -0.2) is 57.6 Å². The van der Waals surface area contributed by atoms with E-state index in [9.17, 15) is 9.59 Å². The van der Waals surface area contributed by atoms with E-state index in [1.165, 1.54) is 6.26 Å². The smallest absolute Gasteiger partial charge is 0.289 e. The Hall–Kier alpha value is -3.35. The van der Waals surface area contributed by atoms with Crippen molar-refractivity contribution >= 4 is 11.8 Å². The normalized spacial score (nSPS) is 14.4. The summed E-state index contributed by atoms with van der Waals surface area (Å²) in [7, 11) is 0. The molecule has 7 heteroatoms. The van der Waals surface area contributed by atoms with Crippen LogP contribution in [0, 0.1) is 0 Å². The molecule has 138 valence electrons. The number of carbonyl (C=O) groups is 2. The Morgan fingerprint density at radius 1 is 0.963 bits per heavy atom. The second kappa shape index (κ2) is 7.49. The van der Waals surface area contributed by atoms with Gasteiger partial charge in [-0.05, 0) is 29.8 Å². The zero-order valence-corrected chi connectivity index (χ0v) is 14.8. The molecule has 3 heterocycles. The molecule has 4 rings (SSSR count). The lowest BCUT2D eigenvalue weighted by molar-refractivity contribution is -0.131. The first-order valence-corrected chi connectivity index (χ1v) is 8.90. The highest BCUT2D eigenvalue weighted by Gasteiger charge is 2.26. The summed E-state index contributed by atoms with van der Waals surface area (Å²) in [6.45, 7) is 2.07. The Morgan fingerprint density at radius 2 is 1.70 bits per heavy atom. The van der Waals surface area contributed by atoms with Crippen molar-refractivity contribution in [2.24, 2.45) is 0 Å². The number of hydrogen-bond acceptors (Lipinski definition) is 4. The van der Waals surface area contributed by atoms with Crippen LogP contribution >= 0.6 is 0 Å². The highest BCUT2D eigenvalue weighted by Crippen LogP contribution is 2.12. The van der Waals surface area contributed by atoms with Crippen LogP contribution in [0.25, 0.3) is 5.69 Å². The summed E-state index contributed by atoms with van der Waals surface area (Å²) in [5.74, 6) is 0.257. The summed E-state index contributed by atoms with van der Waals surface area (Å²) in [6.07, 6.45) is 5.40. The fraction of sp³-hybridized carbons (Fsp3) is 0.250. The molecule has 0 unspecified atom stereocenters. The summed E-state index contributed by atoms with van der Waals surface area (Å²) >= 11 is 0. The summed E-state index contributed by atoms with van der Waals surface area (Å²) in [5.41, 5.74) is 1.83. The van der Waals surface area contributed by atoms with Gasteiger partial charge in [-0.3, -0.25) is 9.59 Å². The first-order chi connectivity index (χ1) is 13.2. The van der Waals surface area contributed by atoms with E-state index in [1.807, 2.05) is 36.5 Å². The molecule has 1 fully saturated rings. The quantitative estimate of drug-likeness (QED) is 0.710. The Kier molecular flexibility index (Phi) is 4.74. The molecule has 0 atom stereocenters. The van der Waals surface area contributed by atoms with Crippen LogP contribution in [-0.2, 0) is 11.2 Å². The molecule has 0 aliphatic carbocycles. The molecule has 2 amide bonds. The van der Waals surface area contributed by atoms with Gasteiger partial charge >= 0.3 is 0 Å². The Bertz CT molecular complexity index is 910. The molecule has 7 nitrogen and oxygen atoms in total. The topological polar surface area (TPSA) is 71.6 Å². The lowest BCUT2D eigenvalue weighted by atomic mass is 10.2. The number of amides is 2. The monoisotopic (exact) mass is 364 g/mol. The molecule has 0 N–H and O–H groups in total. The predicted octanol–water partition coefficient (Wildman–Crippen LogP) is 1.99. The van der Waals surface area contributed by atoms with E-state index in [0.29, 0.717) is 38.4 Å². The van der Waals surface area contributed by atoms with Gasteiger partial charge in [-0.2, -0.15) is 5.10 Å². The van der Waals surface area contributed by atoms with Crippen molar-refractivity contribution < 1.29 is 14.0 Å². The third-order valence-electron chi connectivity index (χ3n) is 4.66. The van der Waals surface area contributed by atoms with E-state index >= 15 is 0 Å². The van der Waals surface area contributed by atoms with Gasteiger partial charge in [0.15, 0.2) is 5.76 Å². The molecule has 1 aromatic carbocycles. The largest absolute Gasteiger partial charge is 0.459 e. The lowest BCUT2D eigenvalue weighted by Gasteiger charge is -2.34. The average Bonchev–Trinajstić information content (AvgIpc) is 3.40. The molecule has 1 saturated heterocycles. The van der Waals surface area contributed by atoms with Crippen molar-refractivity contribution in [3.63, 3.8) is 0 Å². The number of rotatable bonds is 4. The fourth-order valence-corrected chi connectivity index (χ4v) is 3.17. The van der Waals surface area contributed by atoms with Crippen LogP contribution < -0.4 is 0 Å². The molecule has 27 heavy (non-hydrogen) atoms. The van der Waals surface area contributed by atoms with Crippen LogP contribution in [0.4, 0.5) is 0 Å². The third-order valence-corrected chi connectivity index (χ3v) is 4.66. The highest BCUT2D eigenvalue weighted by molar-refractivity contribution is 5.91. The van der Waals surface area contributed by atoms with Crippen molar-refractivity contribution in [1.29, 1.82) is 0 Å². The van der Waals surface area contributed by atoms with Gasteiger partial charge in [0.1, 0.15) is 0 Å². The van der Waals surface area contributed by atoms with E-state index < -0.39 is 0 Å². The van der Waals surface area contributed by atoms with Crippen molar-refractivity contribution in [3.05, 3.63) is 72.4 Å². The van der Waals surface area contributed by atoms with Gasteiger partial charge in [-0.25, -0.2) is 4.68 Å².